The largest absolute Gasteiger partial charge is 0.399 e. The van der Waals surface area contributed by atoms with Crippen LogP contribution >= 0.6 is 11.8 Å². The maximum atomic E-state index is 5.84. The normalized spacial score (nSPS) is 20.1. The maximum absolute atomic E-state index is 5.84. The maximum Gasteiger partial charge on any atom is 0.0420 e. The van der Waals surface area contributed by atoms with E-state index in [1.807, 2.05) is 6.07 Å². The Morgan fingerprint density at radius 2 is 2.27 bits per heavy atom. The molecule has 1 saturated heterocycles. The van der Waals surface area contributed by atoms with Gasteiger partial charge in [0.05, 0.1) is 0 Å². The molecule has 0 unspecified atom stereocenters. The first-order chi connectivity index (χ1) is 7.33. The summed E-state index contributed by atoms with van der Waals surface area (Å²) in [6.45, 7) is 2.41. The van der Waals surface area contributed by atoms with E-state index in [1.165, 1.54) is 42.3 Å². The van der Waals surface area contributed by atoms with Crippen molar-refractivity contribution in [2.45, 2.75) is 6.42 Å². The summed E-state index contributed by atoms with van der Waals surface area (Å²) in [5.74, 6) is 3.59. The van der Waals surface area contributed by atoms with Gasteiger partial charge in [0.1, 0.15) is 0 Å². The molecule has 2 aliphatic rings. The van der Waals surface area contributed by atoms with Crippen molar-refractivity contribution in [1.29, 1.82) is 0 Å². The molecule has 0 amide bonds. The van der Waals surface area contributed by atoms with Gasteiger partial charge in [-0.25, -0.2) is 0 Å². The topological polar surface area (TPSA) is 29.3 Å². The summed E-state index contributed by atoms with van der Waals surface area (Å²) in [7, 11) is 0. The molecule has 1 aromatic rings. The third kappa shape index (κ3) is 1.69. The molecule has 3 heteroatoms. The van der Waals surface area contributed by atoms with E-state index >= 15 is 0 Å². The van der Waals surface area contributed by atoms with Crippen LogP contribution in [-0.2, 0) is 6.42 Å². The summed E-state index contributed by atoms with van der Waals surface area (Å²) in [5.41, 5.74) is 9.58. The van der Waals surface area contributed by atoms with Gasteiger partial charge in [-0.3, -0.25) is 0 Å². The van der Waals surface area contributed by atoms with E-state index in [1.54, 1.807) is 0 Å². The Balaban J connectivity index is 1.80. The highest BCUT2D eigenvalue weighted by molar-refractivity contribution is 8.00. The molecule has 0 saturated carbocycles. The SMILES string of the molecule is Nc1ccc2c(c1)N(CC1CSC1)CC2. The van der Waals surface area contributed by atoms with Crippen LogP contribution in [0.3, 0.4) is 0 Å². The first kappa shape index (κ1) is 9.40. The average molecular weight is 220 g/mol. The molecule has 0 bridgehead atoms. The van der Waals surface area contributed by atoms with Crippen molar-refractivity contribution in [2.24, 2.45) is 5.92 Å². The third-order valence-electron chi connectivity index (χ3n) is 3.29. The molecule has 1 fully saturated rings. The summed E-state index contributed by atoms with van der Waals surface area (Å²) in [6, 6.07) is 6.33. The molecule has 80 valence electrons. The van der Waals surface area contributed by atoms with Gasteiger partial charge in [-0.1, -0.05) is 6.07 Å². The van der Waals surface area contributed by atoms with Crippen molar-refractivity contribution in [3.8, 4) is 0 Å². The zero-order valence-electron chi connectivity index (χ0n) is 8.78. The van der Waals surface area contributed by atoms with Gasteiger partial charge in [0, 0.05) is 24.5 Å². The first-order valence-corrected chi connectivity index (χ1v) is 6.69. The predicted molar refractivity (Wildman–Crippen MR) is 67.6 cm³/mol. The van der Waals surface area contributed by atoms with Crippen LogP contribution in [0.25, 0.3) is 0 Å². The number of fused-ring (bicyclic) bond motifs is 1. The van der Waals surface area contributed by atoms with Gasteiger partial charge in [0.2, 0.25) is 0 Å². The summed E-state index contributed by atoms with van der Waals surface area (Å²) in [5, 5.41) is 0. The lowest BCUT2D eigenvalue weighted by Crippen LogP contribution is -2.34. The molecule has 2 aliphatic heterocycles. The molecule has 2 N–H and O–H groups in total. The van der Waals surface area contributed by atoms with E-state index < -0.39 is 0 Å². The number of hydrogen-bond acceptors (Lipinski definition) is 3. The minimum atomic E-state index is 0.892. The van der Waals surface area contributed by atoms with Crippen molar-refractivity contribution < 1.29 is 0 Å². The Hall–Kier alpha value is -0.830. The van der Waals surface area contributed by atoms with E-state index in [2.05, 4.69) is 28.8 Å². The van der Waals surface area contributed by atoms with Gasteiger partial charge < -0.3 is 10.6 Å². The number of thioether (sulfide) groups is 1. The van der Waals surface area contributed by atoms with Gasteiger partial charge >= 0.3 is 0 Å². The van der Waals surface area contributed by atoms with Crippen LogP contribution in [0.5, 0.6) is 0 Å². The standard InChI is InChI=1S/C12H16N2S/c13-11-2-1-10-3-4-14(12(10)5-11)6-9-7-15-8-9/h1-2,5,9H,3-4,6-8,13H2. The average Bonchev–Trinajstić information content (AvgIpc) is 2.54. The smallest absolute Gasteiger partial charge is 0.0420 e. The lowest BCUT2D eigenvalue weighted by molar-refractivity contribution is 0.614. The van der Waals surface area contributed by atoms with Gasteiger partial charge in [0.25, 0.3) is 0 Å². The predicted octanol–water partition coefficient (Wildman–Crippen LogP) is 1.99. The first-order valence-electron chi connectivity index (χ1n) is 5.54. The number of rotatable bonds is 2. The molecule has 0 spiro atoms. The summed E-state index contributed by atoms with van der Waals surface area (Å²) in [6.07, 6.45) is 1.19. The summed E-state index contributed by atoms with van der Waals surface area (Å²) < 4.78 is 0. The molecule has 0 radical (unpaired) electrons. The highest BCUT2D eigenvalue weighted by atomic mass is 32.2. The molecule has 2 heterocycles. The fourth-order valence-electron chi connectivity index (χ4n) is 2.35. The highest BCUT2D eigenvalue weighted by Crippen LogP contribution is 2.33. The second kappa shape index (κ2) is 3.63. The monoisotopic (exact) mass is 220 g/mol. The molecule has 0 aliphatic carbocycles. The van der Waals surface area contributed by atoms with Gasteiger partial charge in [0.15, 0.2) is 0 Å². The fourth-order valence-corrected chi connectivity index (χ4v) is 3.13. The van der Waals surface area contributed by atoms with E-state index in [0.717, 1.165) is 11.6 Å². The van der Waals surface area contributed by atoms with Gasteiger partial charge in [-0.15, -0.1) is 0 Å². The zero-order chi connectivity index (χ0) is 10.3. The molecule has 2 nitrogen and oxygen atoms in total. The van der Waals surface area contributed by atoms with Crippen LogP contribution in [0.15, 0.2) is 18.2 Å². The van der Waals surface area contributed by atoms with E-state index in [9.17, 15) is 0 Å². The summed E-state index contributed by atoms with van der Waals surface area (Å²) >= 11 is 2.06. The van der Waals surface area contributed by atoms with Crippen LogP contribution in [0, 0.1) is 5.92 Å². The van der Waals surface area contributed by atoms with Crippen molar-refractivity contribution >= 4 is 23.1 Å². The Labute approximate surface area is 94.8 Å². The van der Waals surface area contributed by atoms with Crippen LogP contribution in [-0.4, -0.2) is 24.6 Å². The number of nitrogens with zero attached hydrogens (tertiary/aromatic N) is 1. The Morgan fingerprint density at radius 1 is 1.40 bits per heavy atom. The quantitative estimate of drug-likeness (QED) is 0.773. The number of nitrogens with two attached hydrogens (primary N) is 1. The molecular formula is C12H16N2S. The van der Waals surface area contributed by atoms with Gasteiger partial charge in [-0.05, 0) is 41.5 Å². The van der Waals surface area contributed by atoms with Crippen molar-refractivity contribution in [2.75, 3.05) is 35.2 Å². The van der Waals surface area contributed by atoms with E-state index in [0.29, 0.717) is 0 Å². The summed E-state index contributed by atoms with van der Waals surface area (Å²) in [4.78, 5) is 2.51. The van der Waals surface area contributed by atoms with Crippen LogP contribution < -0.4 is 10.6 Å². The zero-order valence-corrected chi connectivity index (χ0v) is 9.59. The number of nitrogen functional groups attached to an aromatic ring is 1. The fraction of sp³-hybridized carbons (Fsp3) is 0.500. The second-order valence-electron chi connectivity index (χ2n) is 4.49. The lowest BCUT2D eigenvalue weighted by Gasteiger charge is -2.31. The van der Waals surface area contributed by atoms with Crippen LogP contribution in [0.1, 0.15) is 5.56 Å². The molecule has 0 aromatic heterocycles. The van der Waals surface area contributed by atoms with E-state index in [4.69, 9.17) is 5.73 Å². The molecular weight excluding hydrogens is 204 g/mol. The number of benzene rings is 1. The minimum Gasteiger partial charge on any atom is -0.399 e. The Bertz CT molecular complexity index is 374. The Morgan fingerprint density at radius 3 is 3.00 bits per heavy atom. The van der Waals surface area contributed by atoms with Crippen molar-refractivity contribution in [1.82, 2.24) is 0 Å². The van der Waals surface area contributed by atoms with Crippen LogP contribution in [0.4, 0.5) is 11.4 Å². The number of anilines is 2. The molecule has 3 rings (SSSR count). The van der Waals surface area contributed by atoms with Crippen molar-refractivity contribution in [3.63, 3.8) is 0 Å². The number of hydrogen-bond donors (Lipinski definition) is 1. The molecule has 15 heavy (non-hydrogen) atoms. The third-order valence-corrected chi connectivity index (χ3v) is 4.70. The highest BCUT2D eigenvalue weighted by Gasteiger charge is 2.25. The van der Waals surface area contributed by atoms with Crippen molar-refractivity contribution in [3.05, 3.63) is 23.8 Å². The van der Waals surface area contributed by atoms with Gasteiger partial charge in [-0.2, -0.15) is 11.8 Å². The molecule has 0 atom stereocenters. The minimum absolute atomic E-state index is 0.892. The molecule has 1 aromatic carbocycles. The van der Waals surface area contributed by atoms with Crippen LogP contribution in [0.2, 0.25) is 0 Å². The van der Waals surface area contributed by atoms with E-state index in [-0.39, 0.29) is 0 Å². The lowest BCUT2D eigenvalue weighted by atomic mass is 10.1. The second-order valence-corrected chi connectivity index (χ2v) is 5.56. The Kier molecular flexibility index (Phi) is 2.28.